The zero-order chi connectivity index (χ0) is 14.8. The topological polar surface area (TPSA) is 74.7 Å². The average molecular weight is 318 g/mol. The van der Waals surface area contributed by atoms with E-state index in [1.54, 1.807) is 0 Å². The van der Waals surface area contributed by atoms with Crippen LogP contribution in [-0.4, -0.2) is 49.8 Å². The van der Waals surface area contributed by atoms with E-state index in [2.05, 4.69) is 4.90 Å². The maximum atomic E-state index is 12.2. The Labute approximate surface area is 123 Å². The van der Waals surface area contributed by atoms with Crippen molar-refractivity contribution in [3.63, 3.8) is 0 Å². The fraction of sp³-hybridized carbons (Fsp3) is 0.462. The molecule has 0 unspecified atom stereocenters. The van der Waals surface area contributed by atoms with Gasteiger partial charge in [-0.3, -0.25) is 0 Å². The second-order valence-electron chi connectivity index (χ2n) is 4.81. The van der Waals surface area contributed by atoms with Crippen LogP contribution in [0.15, 0.2) is 23.1 Å². The first-order valence-corrected chi connectivity index (χ1v) is 8.41. The highest BCUT2D eigenvalue weighted by atomic mass is 35.5. The lowest BCUT2D eigenvalue weighted by Gasteiger charge is -2.14. The monoisotopic (exact) mass is 317 g/mol. The zero-order valence-electron chi connectivity index (χ0n) is 10.9. The Balaban J connectivity index is 2.12. The van der Waals surface area contributed by atoms with Gasteiger partial charge in [0.1, 0.15) is 0 Å². The SMILES string of the molecule is O=C(O)c1ccc(S(=O)(=O)CCN2CCCC2)cc1Cl. The smallest absolute Gasteiger partial charge is 0.337 e. The van der Waals surface area contributed by atoms with Gasteiger partial charge in [0.05, 0.1) is 21.2 Å². The molecular weight excluding hydrogens is 302 g/mol. The lowest BCUT2D eigenvalue weighted by atomic mass is 10.2. The molecule has 0 atom stereocenters. The molecule has 1 heterocycles. The van der Waals surface area contributed by atoms with Crippen molar-refractivity contribution in [3.8, 4) is 0 Å². The third-order valence-corrected chi connectivity index (χ3v) is 5.41. The second-order valence-corrected chi connectivity index (χ2v) is 7.33. The van der Waals surface area contributed by atoms with Gasteiger partial charge in [0, 0.05) is 6.54 Å². The van der Waals surface area contributed by atoms with Gasteiger partial charge in [0.15, 0.2) is 9.84 Å². The lowest BCUT2D eigenvalue weighted by molar-refractivity contribution is 0.0697. The molecule has 110 valence electrons. The van der Waals surface area contributed by atoms with E-state index in [-0.39, 0.29) is 21.2 Å². The fourth-order valence-electron chi connectivity index (χ4n) is 2.24. The summed E-state index contributed by atoms with van der Waals surface area (Å²) in [5, 5.41) is 8.81. The number of halogens is 1. The molecule has 1 aromatic rings. The summed E-state index contributed by atoms with van der Waals surface area (Å²) in [5.74, 6) is -1.15. The number of nitrogens with zero attached hydrogens (tertiary/aromatic N) is 1. The number of hydrogen-bond acceptors (Lipinski definition) is 4. The van der Waals surface area contributed by atoms with Crippen LogP contribution in [0.2, 0.25) is 5.02 Å². The van der Waals surface area contributed by atoms with Crippen LogP contribution in [0.3, 0.4) is 0 Å². The van der Waals surface area contributed by atoms with Gasteiger partial charge >= 0.3 is 5.97 Å². The molecule has 1 N–H and O–H groups in total. The largest absolute Gasteiger partial charge is 0.478 e. The molecular formula is C13H16ClNO4S. The van der Waals surface area contributed by atoms with Crippen LogP contribution < -0.4 is 0 Å². The molecule has 2 rings (SSSR count). The van der Waals surface area contributed by atoms with Crippen molar-refractivity contribution in [3.05, 3.63) is 28.8 Å². The van der Waals surface area contributed by atoms with Crippen molar-refractivity contribution in [1.82, 2.24) is 4.90 Å². The molecule has 20 heavy (non-hydrogen) atoms. The van der Waals surface area contributed by atoms with Crippen LogP contribution in [0, 0.1) is 0 Å². The Bertz CT molecular complexity index is 609. The molecule has 0 amide bonds. The molecule has 5 nitrogen and oxygen atoms in total. The maximum absolute atomic E-state index is 12.2. The van der Waals surface area contributed by atoms with Gasteiger partial charge < -0.3 is 10.0 Å². The zero-order valence-corrected chi connectivity index (χ0v) is 12.5. The number of carbonyl (C=O) groups is 1. The molecule has 0 spiro atoms. The summed E-state index contributed by atoms with van der Waals surface area (Å²) < 4.78 is 24.4. The molecule has 1 aromatic carbocycles. The Hall–Kier alpha value is -1.11. The van der Waals surface area contributed by atoms with E-state index in [0.29, 0.717) is 6.54 Å². The molecule has 7 heteroatoms. The summed E-state index contributed by atoms with van der Waals surface area (Å²) in [6, 6.07) is 3.74. The Kier molecular flexibility index (Phi) is 4.67. The molecule has 1 saturated heterocycles. The summed E-state index contributed by atoms with van der Waals surface area (Å²) in [4.78, 5) is 13.0. The number of benzene rings is 1. The van der Waals surface area contributed by atoms with E-state index in [0.717, 1.165) is 25.9 Å². The number of carboxylic acid groups (broad SMARTS) is 1. The first-order valence-electron chi connectivity index (χ1n) is 6.38. The number of rotatable bonds is 5. The number of likely N-dealkylation sites (tertiary alicyclic amines) is 1. The summed E-state index contributed by atoms with van der Waals surface area (Å²) in [7, 11) is -3.43. The lowest BCUT2D eigenvalue weighted by Crippen LogP contribution is -2.26. The van der Waals surface area contributed by atoms with E-state index >= 15 is 0 Å². The first kappa shape index (κ1) is 15.3. The van der Waals surface area contributed by atoms with Crippen LogP contribution in [0.5, 0.6) is 0 Å². The highest BCUT2D eigenvalue weighted by Crippen LogP contribution is 2.22. The predicted molar refractivity (Wildman–Crippen MR) is 76.1 cm³/mol. The maximum Gasteiger partial charge on any atom is 0.337 e. The standard InChI is InChI=1S/C13H16ClNO4S/c14-12-9-10(3-4-11(12)13(16)17)20(18,19)8-7-15-5-1-2-6-15/h3-4,9H,1-2,5-8H2,(H,16,17). The molecule has 1 fully saturated rings. The van der Waals surface area contributed by atoms with Crippen molar-refractivity contribution in [2.24, 2.45) is 0 Å². The van der Waals surface area contributed by atoms with Crippen molar-refractivity contribution >= 4 is 27.4 Å². The number of sulfone groups is 1. The predicted octanol–water partition coefficient (Wildman–Crippen LogP) is 1.91. The van der Waals surface area contributed by atoms with Crippen molar-refractivity contribution in [2.45, 2.75) is 17.7 Å². The van der Waals surface area contributed by atoms with Gasteiger partial charge in [0.25, 0.3) is 0 Å². The van der Waals surface area contributed by atoms with Gasteiger partial charge in [-0.25, -0.2) is 13.2 Å². The summed E-state index contributed by atoms with van der Waals surface area (Å²) >= 11 is 5.80. The molecule has 0 saturated carbocycles. The molecule has 0 radical (unpaired) electrons. The van der Waals surface area contributed by atoms with E-state index in [4.69, 9.17) is 16.7 Å². The summed E-state index contributed by atoms with van der Waals surface area (Å²) in [5.41, 5.74) is -0.0924. The van der Waals surface area contributed by atoms with Crippen LogP contribution in [0.25, 0.3) is 0 Å². The Morgan fingerprint density at radius 3 is 2.50 bits per heavy atom. The van der Waals surface area contributed by atoms with Crippen molar-refractivity contribution < 1.29 is 18.3 Å². The van der Waals surface area contributed by atoms with Crippen LogP contribution in [0.4, 0.5) is 0 Å². The summed E-state index contributed by atoms with van der Waals surface area (Å²) in [6.45, 7) is 2.38. The molecule has 0 aliphatic carbocycles. The molecule has 1 aliphatic heterocycles. The Morgan fingerprint density at radius 1 is 1.30 bits per heavy atom. The van der Waals surface area contributed by atoms with Crippen LogP contribution >= 0.6 is 11.6 Å². The highest BCUT2D eigenvalue weighted by Gasteiger charge is 2.20. The quantitative estimate of drug-likeness (QED) is 0.898. The van der Waals surface area contributed by atoms with Gasteiger partial charge in [-0.1, -0.05) is 11.6 Å². The minimum Gasteiger partial charge on any atom is -0.478 e. The van der Waals surface area contributed by atoms with Gasteiger partial charge in [-0.2, -0.15) is 0 Å². The van der Waals surface area contributed by atoms with E-state index < -0.39 is 15.8 Å². The number of aromatic carboxylic acids is 1. The summed E-state index contributed by atoms with van der Waals surface area (Å²) in [6.07, 6.45) is 2.22. The number of carboxylic acids is 1. The second kappa shape index (κ2) is 6.11. The molecule has 1 aliphatic rings. The van der Waals surface area contributed by atoms with Crippen molar-refractivity contribution in [2.75, 3.05) is 25.4 Å². The van der Waals surface area contributed by atoms with Crippen LogP contribution in [0.1, 0.15) is 23.2 Å². The Morgan fingerprint density at radius 2 is 1.95 bits per heavy atom. The first-order chi connectivity index (χ1) is 9.40. The highest BCUT2D eigenvalue weighted by molar-refractivity contribution is 7.91. The normalized spacial score (nSPS) is 16.4. The molecule has 0 bridgehead atoms. The molecule has 0 aromatic heterocycles. The number of hydrogen-bond donors (Lipinski definition) is 1. The average Bonchev–Trinajstić information content (AvgIpc) is 2.89. The van der Waals surface area contributed by atoms with Gasteiger partial charge in [0.2, 0.25) is 0 Å². The van der Waals surface area contributed by atoms with E-state index in [1.807, 2.05) is 0 Å². The van der Waals surface area contributed by atoms with Gasteiger partial charge in [-0.05, 0) is 44.1 Å². The minimum atomic E-state index is -3.43. The van der Waals surface area contributed by atoms with Crippen LogP contribution in [-0.2, 0) is 9.84 Å². The third-order valence-electron chi connectivity index (χ3n) is 3.41. The minimum absolute atomic E-state index is 0.0236. The van der Waals surface area contributed by atoms with Gasteiger partial charge in [-0.15, -0.1) is 0 Å². The fourth-order valence-corrected chi connectivity index (χ4v) is 3.87. The third kappa shape index (κ3) is 3.50. The van der Waals surface area contributed by atoms with E-state index in [1.165, 1.54) is 18.2 Å². The van der Waals surface area contributed by atoms with Crippen molar-refractivity contribution in [1.29, 1.82) is 0 Å². The van der Waals surface area contributed by atoms with E-state index in [9.17, 15) is 13.2 Å².